The summed E-state index contributed by atoms with van der Waals surface area (Å²) in [7, 11) is 1.63. The molecule has 0 saturated heterocycles. The van der Waals surface area contributed by atoms with Gasteiger partial charge in [0.1, 0.15) is 10.6 Å². The van der Waals surface area contributed by atoms with E-state index in [1.165, 1.54) is 24.2 Å². The van der Waals surface area contributed by atoms with Crippen LogP contribution in [0.5, 0.6) is 5.75 Å². The number of amides is 2. The Kier molecular flexibility index (Phi) is 6.22. The first-order chi connectivity index (χ1) is 16.2. The number of carbonyl (C=O) groups excluding carboxylic acids is 2. The Labute approximate surface area is 198 Å². The maximum atomic E-state index is 13.8. The summed E-state index contributed by atoms with van der Waals surface area (Å²) in [6.45, 7) is 0.341. The SMILES string of the molecule is COc1ccc(CN2C(=O)c3sccc3-n3cccc3[C@H]2C(=O)NC2CCCCCC2)cc1. The van der Waals surface area contributed by atoms with Gasteiger partial charge in [0.2, 0.25) is 5.91 Å². The van der Waals surface area contributed by atoms with Gasteiger partial charge in [0, 0.05) is 18.8 Å². The summed E-state index contributed by atoms with van der Waals surface area (Å²) in [6.07, 6.45) is 8.66. The second kappa shape index (κ2) is 9.43. The molecule has 0 spiro atoms. The Hall–Kier alpha value is -3.06. The van der Waals surface area contributed by atoms with Gasteiger partial charge in [-0.2, -0.15) is 0 Å². The quantitative estimate of drug-likeness (QED) is 0.537. The number of carbonyl (C=O) groups is 2. The van der Waals surface area contributed by atoms with Crippen molar-refractivity contribution in [1.82, 2.24) is 14.8 Å². The Bertz CT molecular complexity index is 1130. The minimum absolute atomic E-state index is 0.0983. The lowest BCUT2D eigenvalue weighted by Crippen LogP contribution is -2.46. The molecule has 1 saturated carbocycles. The van der Waals surface area contributed by atoms with Gasteiger partial charge in [-0.05, 0) is 54.1 Å². The van der Waals surface area contributed by atoms with Crippen LogP contribution in [0.3, 0.4) is 0 Å². The lowest BCUT2D eigenvalue weighted by Gasteiger charge is -2.31. The zero-order valence-electron chi connectivity index (χ0n) is 18.8. The van der Waals surface area contributed by atoms with E-state index >= 15 is 0 Å². The molecule has 1 atom stereocenters. The number of nitrogens with one attached hydrogen (secondary N) is 1. The third kappa shape index (κ3) is 4.29. The zero-order valence-corrected chi connectivity index (χ0v) is 19.6. The number of thiophene rings is 1. The van der Waals surface area contributed by atoms with Gasteiger partial charge in [-0.1, -0.05) is 37.8 Å². The highest BCUT2D eigenvalue weighted by atomic mass is 32.1. The van der Waals surface area contributed by atoms with Gasteiger partial charge in [-0.25, -0.2) is 0 Å². The van der Waals surface area contributed by atoms with Gasteiger partial charge in [0.15, 0.2) is 6.04 Å². The summed E-state index contributed by atoms with van der Waals surface area (Å²) < 4.78 is 7.28. The normalized spacial score (nSPS) is 18.8. The molecule has 2 amide bonds. The van der Waals surface area contributed by atoms with Crippen LogP contribution in [0, 0.1) is 0 Å². The molecule has 33 heavy (non-hydrogen) atoms. The summed E-state index contributed by atoms with van der Waals surface area (Å²) >= 11 is 1.42. The minimum atomic E-state index is -0.697. The van der Waals surface area contributed by atoms with Crippen LogP contribution in [0.1, 0.15) is 65.5 Å². The molecule has 1 aliphatic carbocycles. The number of ether oxygens (including phenoxy) is 1. The summed E-state index contributed by atoms with van der Waals surface area (Å²) in [4.78, 5) is 29.9. The van der Waals surface area contributed by atoms with Gasteiger partial charge in [-0.15, -0.1) is 11.3 Å². The van der Waals surface area contributed by atoms with E-state index in [9.17, 15) is 9.59 Å². The molecule has 0 radical (unpaired) electrons. The smallest absolute Gasteiger partial charge is 0.267 e. The maximum Gasteiger partial charge on any atom is 0.267 e. The van der Waals surface area contributed by atoms with Crippen molar-refractivity contribution in [3.8, 4) is 11.4 Å². The molecular weight excluding hydrogens is 434 g/mol. The molecule has 7 heteroatoms. The Morgan fingerprint density at radius 2 is 1.85 bits per heavy atom. The monoisotopic (exact) mass is 463 g/mol. The molecule has 1 aliphatic heterocycles. The van der Waals surface area contributed by atoms with Crippen molar-refractivity contribution in [3.05, 3.63) is 70.2 Å². The molecule has 3 heterocycles. The predicted octanol–water partition coefficient (Wildman–Crippen LogP) is 5.08. The van der Waals surface area contributed by atoms with Crippen LogP contribution in [0.25, 0.3) is 5.69 Å². The third-order valence-corrected chi connectivity index (χ3v) is 7.58. The Balaban J connectivity index is 1.52. The largest absolute Gasteiger partial charge is 0.497 e. The lowest BCUT2D eigenvalue weighted by atomic mass is 10.1. The lowest BCUT2D eigenvalue weighted by molar-refractivity contribution is -0.127. The molecule has 1 fully saturated rings. The van der Waals surface area contributed by atoms with Crippen LogP contribution in [0.4, 0.5) is 0 Å². The topological polar surface area (TPSA) is 63.6 Å². The summed E-state index contributed by atoms with van der Waals surface area (Å²) in [6, 6.07) is 13.0. The molecular formula is C26H29N3O3S. The summed E-state index contributed by atoms with van der Waals surface area (Å²) in [5.74, 6) is 0.553. The summed E-state index contributed by atoms with van der Waals surface area (Å²) in [5.41, 5.74) is 2.61. The predicted molar refractivity (Wildman–Crippen MR) is 129 cm³/mol. The molecule has 1 aromatic carbocycles. The highest BCUT2D eigenvalue weighted by Crippen LogP contribution is 2.36. The molecule has 3 aromatic rings. The Morgan fingerprint density at radius 1 is 1.09 bits per heavy atom. The molecule has 172 valence electrons. The van der Waals surface area contributed by atoms with E-state index in [2.05, 4.69) is 5.32 Å². The van der Waals surface area contributed by atoms with Crippen LogP contribution in [0.15, 0.2) is 54.0 Å². The number of hydrogen-bond donors (Lipinski definition) is 1. The second-order valence-electron chi connectivity index (χ2n) is 8.82. The molecule has 2 aromatic heterocycles. The van der Waals surface area contributed by atoms with Crippen LogP contribution in [-0.4, -0.2) is 34.4 Å². The first-order valence-corrected chi connectivity index (χ1v) is 12.5. The van der Waals surface area contributed by atoms with Crippen molar-refractivity contribution < 1.29 is 14.3 Å². The van der Waals surface area contributed by atoms with E-state index in [1.807, 2.05) is 58.6 Å². The van der Waals surface area contributed by atoms with E-state index in [0.717, 1.165) is 48.4 Å². The summed E-state index contributed by atoms with van der Waals surface area (Å²) in [5, 5.41) is 5.23. The van der Waals surface area contributed by atoms with Gasteiger partial charge in [-0.3, -0.25) is 9.59 Å². The molecule has 0 bridgehead atoms. The zero-order chi connectivity index (χ0) is 22.8. The van der Waals surface area contributed by atoms with Crippen molar-refractivity contribution in [1.29, 1.82) is 0 Å². The second-order valence-corrected chi connectivity index (χ2v) is 9.73. The van der Waals surface area contributed by atoms with Gasteiger partial charge in [0.05, 0.1) is 18.5 Å². The molecule has 6 nitrogen and oxygen atoms in total. The highest BCUT2D eigenvalue weighted by Gasteiger charge is 2.39. The molecule has 1 N–H and O–H groups in total. The van der Waals surface area contributed by atoms with Gasteiger partial charge < -0.3 is 19.5 Å². The highest BCUT2D eigenvalue weighted by molar-refractivity contribution is 7.12. The average molecular weight is 464 g/mol. The third-order valence-electron chi connectivity index (χ3n) is 6.69. The van der Waals surface area contributed by atoms with Gasteiger partial charge >= 0.3 is 0 Å². The standard InChI is InChI=1S/C26H29N3O3S/c1-32-20-12-10-18(11-13-20)17-29-23(25(30)27-19-7-4-2-3-5-8-19)21-9-6-15-28(21)22-14-16-33-24(22)26(29)31/h6,9-16,19,23H,2-5,7-8,17H2,1H3,(H,27,30)/t23-/m0/s1. The number of hydrogen-bond acceptors (Lipinski definition) is 4. The van der Waals surface area contributed by atoms with Crippen molar-refractivity contribution in [2.75, 3.05) is 7.11 Å². The number of aromatic nitrogens is 1. The van der Waals surface area contributed by atoms with Crippen LogP contribution >= 0.6 is 11.3 Å². The fraction of sp³-hybridized carbons (Fsp3) is 0.385. The fourth-order valence-corrected chi connectivity index (χ4v) is 5.80. The van der Waals surface area contributed by atoms with Crippen LogP contribution in [-0.2, 0) is 11.3 Å². The molecule has 2 aliphatic rings. The van der Waals surface area contributed by atoms with E-state index in [-0.39, 0.29) is 17.9 Å². The molecule has 5 rings (SSSR count). The van der Waals surface area contributed by atoms with E-state index in [1.54, 1.807) is 12.0 Å². The number of fused-ring (bicyclic) bond motifs is 3. The first kappa shape index (κ1) is 21.8. The van der Waals surface area contributed by atoms with E-state index in [4.69, 9.17) is 4.74 Å². The number of methoxy groups -OCH3 is 1. The van der Waals surface area contributed by atoms with Crippen molar-refractivity contribution in [2.45, 2.75) is 57.2 Å². The van der Waals surface area contributed by atoms with Crippen molar-refractivity contribution >= 4 is 23.2 Å². The maximum absolute atomic E-state index is 13.8. The number of nitrogens with zero attached hydrogens (tertiary/aromatic N) is 2. The van der Waals surface area contributed by atoms with Gasteiger partial charge in [0.25, 0.3) is 5.91 Å². The minimum Gasteiger partial charge on any atom is -0.497 e. The van der Waals surface area contributed by atoms with Crippen LogP contribution in [0.2, 0.25) is 0 Å². The Morgan fingerprint density at radius 3 is 2.58 bits per heavy atom. The van der Waals surface area contributed by atoms with Crippen molar-refractivity contribution in [3.63, 3.8) is 0 Å². The van der Waals surface area contributed by atoms with E-state index in [0.29, 0.717) is 11.4 Å². The number of rotatable bonds is 5. The average Bonchev–Trinajstić information content (AvgIpc) is 3.41. The fourth-order valence-electron chi connectivity index (χ4n) is 4.97. The van der Waals surface area contributed by atoms with Crippen LogP contribution < -0.4 is 10.1 Å². The van der Waals surface area contributed by atoms with E-state index < -0.39 is 6.04 Å². The first-order valence-electron chi connectivity index (χ1n) is 11.6. The van der Waals surface area contributed by atoms with Crippen molar-refractivity contribution in [2.24, 2.45) is 0 Å². The number of benzene rings is 1. The molecule has 0 unspecified atom stereocenters.